The Labute approximate surface area is 116 Å². The third-order valence-corrected chi connectivity index (χ3v) is 3.66. The van der Waals surface area contributed by atoms with Gasteiger partial charge in [-0.15, -0.1) is 0 Å². The van der Waals surface area contributed by atoms with Crippen LogP contribution in [0, 0.1) is 5.92 Å². The van der Waals surface area contributed by atoms with Crippen LogP contribution in [0.4, 0.5) is 5.95 Å². The zero-order chi connectivity index (χ0) is 13.7. The highest BCUT2D eigenvalue weighted by Gasteiger charge is 2.16. The van der Waals surface area contributed by atoms with Crippen molar-refractivity contribution in [1.29, 1.82) is 0 Å². The number of nitrogens with zero attached hydrogens (tertiary/aromatic N) is 2. The molecule has 0 aliphatic carbocycles. The maximum atomic E-state index is 4.59. The Hall–Kier alpha value is -1.16. The number of hydrogen-bond donors (Lipinski definition) is 2. The first-order valence-electron chi connectivity index (χ1n) is 7.34. The van der Waals surface area contributed by atoms with E-state index in [9.17, 15) is 0 Å². The van der Waals surface area contributed by atoms with Crippen molar-refractivity contribution < 1.29 is 0 Å². The number of aromatic nitrogens is 2. The smallest absolute Gasteiger partial charge is 0.222 e. The maximum Gasteiger partial charge on any atom is 0.222 e. The molecule has 0 amide bonds. The van der Waals surface area contributed by atoms with Crippen molar-refractivity contribution in [2.24, 2.45) is 5.92 Å². The van der Waals surface area contributed by atoms with Gasteiger partial charge in [-0.05, 0) is 44.3 Å². The quantitative estimate of drug-likeness (QED) is 0.875. The lowest BCUT2D eigenvalue weighted by Crippen LogP contribution is -2.30. The van der Waals surface area contributed by atoms with Gasteiger partial charge in [-0.1, -0.05) is 20.8 Å². The minimum atomic E-state index is 0.0761. The highest BCUT2D eigenvalue weighted by Crippen LogP contribution is 2.20. The van der Waals surface area contributed by atoms with E-state index in [0.29, 0.717) is 0 Å². The largest absolute Gasteiger partial charge is 0.354 e. The fourth-order valence-corrected chi connectivity index (χ4v) is 2.42. The second-order valence-electron chi connectivity index (χ2n) is 6.44. The van der Waals surface area contributed by atoms with E-state index in [1.54, 1.807) is 0 Å². The van der Waals surface area contributed by atoms with E-state index in [-0.39, 0.29) is 5.41 Å². The van der Waals surface area contributed by atoms with Crippen molar-refractivity contribution in [2.75, 3.05) is 25.0 Å². The van der Waals surface area contributed by atoms with Gasteiger partial charge in [0.05, 0.1) is 5.69 Å². The van der Waals surface area contributed by atoms with Crippen LogP contribution in [0.1, 0.15) is 45.7 Å². The third-order valence-electron chi connectivity index (χ3n) is 3.66. The Balaban J connectivity index is 1.82. The van der Waals surface area contributed by atoms with Gasteiger partial charge in [0.25, 0.3) is 0 Å². The fraction of sp³-hybridized carbons (Fsp3) is 0.733. The predicted octanol–water partition coefficient (Wildman–Crippen LogP) is 2.58. The van der Waals surface area contributed by atoms with Crippen LogP contribution in [0.2, 0.25) is 0 Å². The zero-order valence-electron chi connectivity index (χ0n) is 12.4. The molecule has 1 aromatic rings. The van der Waals surface area contributed by atoms with E-state index >= 15 is 0 Å². The SMILES string of the molecule is CC(C)(C)c1ccnc(NCCC2CCCNC2)n1. The van der Waals surface area contributed by atoms with Gasteiger partial charge < -0.3 is 10.6 Å². The van der Waals surface area contributed by atoms with Crippen molar-refractivity contribution in [1.82, 2.24) is 15.3 Å². The molecule has 2 rings (SSSR count). The summed E-state index contributed by atoms with van der Waals surface area (Å²) >= 11 is 0. The average Bonchev–Trinajstić information content (AvgIpc) is 2.39. The van der Waals surface area contributed by atoms with Crippen LogP contribution in [0.25, 0.3) is 0 Å². The highest BCUT2D eigenvalue weighted by atomic mass is 15.1. The van der Waals surface area contributed by atoms with Crippen molar-refractivity contribution in [3.63, 3.8) is 0 Å². The monoisotopic (exact) mass is 262 g/mol. The summed E-state index contributed by atoms with van der Waals surface area (Å²) < 4.78 is 0. The molecule has 1 aliphatic rings. The van der Waals surface area contributed by atoms with Gasteiger partial charge >= 0.3 is 0 Å². The first-order chi connectivity index (χ1) is 9.05. The minimum Gasteiger partial charge on any atom is -0.354 e. The van der Waals surface area contributed by atoms with Crippen LogP contribution < -0.4 is 10.6 Å². The normalized spacial score (nSPS) is 20.3. The van der Waals surface area contributed by atoms with E-state index < -0.39 is 0 Å². The molecule has 2 heterocycles. The van der Waals surface area contributed by atoms with Crippen LogP contribution >= 0.6 is 0 Å². The Bertz CT molecular complexity index is 391. The molecule has 2 N–H and O–H groups in total. The molecule has 19 heavy (non-hydrogen) atoms. The van der Waals surface area contributed by atoms with Crippen molar-refractivity contribution in [3.8, 4) is 0 Å². The predicted molar refractivity (Wildman–Crippen MR) is 79.4 cm³/mol. The van der Waals surface area contributed by atoms with Gasteiger partial charge in [0, 0.05) is 18.2 Å². The molecule has 1 saturated heterocycles. The molecule has 0 radical (unpaired) electrons. The number of anilines is 1. The van der Waals surface area contributed by atoms with E-state index in [4.69, 9.17) is 0 Å². The number of rotatable bonds is 4. The molecule has 0 spiro atoms. The zero-order valence-corrected chi connectivity index (χ0v) is 12.4. The van der Waals surface area contributed by atoms with Crippen LogP contribution in [0.15, 0.2) is 12.3 Å². The lowest BCUT2D eigenvalue weighted by atomic mass is 9.92. The summed E-state index contributed by atoms with van der Waals surface area (Å²) in [4.78, 5) is 8.89. The number of piperidine rings is 1. The second kappa shape index (κ2) is 6.33. The Morgan fingerprint density at radius 3 is 2.95 bits per heavy atom. The molecule has 4 nitrogen and oxygen atoms in total. The average molecular weight is 262 g/mol. The molecule has 1 aliphatic heterocycles. The minimum absolute atomic E-state index is 0.0761. The topological polar surface area (TPSA) is 49.8 Å². The lowest BCUT2D eigenvalue weighted by molar-refractivity contribution is 0.364. The summed E-state index contributed by atoms with van der Waals surface area (Å²) in [6.07, 6.45) is 5.69. The van der Waals surface area contributed by atoms with Gasteiger partial charge in [0.1, 0.15) is 0 Å². The molecule has 1 aromatic heterocycles. The summed E-state index contributed by atoms with van der Waals surface area (Å²) in [6.45, 7) is 9.82. The number of nitrogens with one attached hydrogen (secondary N) is 2. The molecule has 0 saturated carbocycles. The summed E-state index contributed by atoms with van der Waals surface area (Å²) in [5.41, 5.74) is 1.16. The van der Waals surface area contributed by atoms with E-state index in [1.165, 1.54) is 25.8 Å². The molecule has 0 aromatic carbocycles. The van der Waals surface area contributed by atoms with Crippen molar-refractivity contribution in [3.05, 3.63) is 18.0 Å². The van der Waals surface area contributed by atoms with Gasteiger partial charge in [-0.3, -0.25) is 0 Å². The first kappa shape index (κ1) is 14.3. The molecular weight excluding hydrogens is 236 g/mol. The molecule has 1 fully saturated rings. The van der Waals surface area contributed by atoms with E-state index in [1.807, 2.05) is 12.3 Å². The first-order valence-corrected chi connectivity index (χ1v) is 7.34. The van der Waals surface area contributed by atoms with Gasteiger partial charge in [0.15, 0.2) is 0 Å². The Morgan fingerprint density at radius 1 is 1.42 bits per heavy atom. The highest BCUT2D eigenvalue weighted by molar-refractivity contribution is 5.27. The van der Waals surface area contributed by atoms with Gasteiger partial charge in [0.2, 0.25) is 5.95 Å². The lowest BCUT2D eigenvalue weighted by Gasteiger charge is -2.23. The van der Waals surface area contributed by atoms with E-state index in [0.717, 1.165) is 30.6 Å². The fourth-order valence-electron chi connectivity index (χ4n) is 2.42. The van der Waals surface area contributed by atoms with Crippen molar-refractivity contribution >= 4 is 5.95 Å². The molecule has 1 atom stereocenters. The van der Waals surface area contributed by atoms with Gasteiger partial charge in [-0.2, -0.15) is 0 Å². The third kappa shape index (κ3) is 4.46. The molecule has 1 unspecified atom stereocenters. The van der Waals surface area contributed by atoms with Crippen LogP contribution in [0.3, 0.4) is 0 Å². The molecule has 4 heteroatoms. The Kier molecular flexibility index (Phi) is 4.75. The van der Waals surface area contributed by atoms with Crippen molar-refractivity contribution in [2.45, 2.75) is 45.4 Å². The summed E-state index contributed by atoms with van der Waals surface area (Å²) in [5.74, 6) is 1.56. The summed E-state index contributed by atoms with van der Waals surface area (Å²) in [7, 11) is 0. The van der Waals surface area contributed by atoms with Crippen LogP contribution in [0.5, 0.6) is 0 Å². The second-order valence-corrected chi connectivity index (χ2v) is 6.44. The Morgan fingerprint density at radius 2 is 2.26 bits per heavy atom. The summed E-state index contributed by atoms with van der Waals surface area (Å²) in [5, 5.41) is 6.81. The standard InChI is InChI=1S/C15H26N4/c1-15(2,3)13-7-10-18-14(19-13)17-9-6-12-5-4-8-16-11-12/h7,10,12,16H,4-6,8-9,11H2,1-3H3,(H,17,18,19). The molecule has 106 valence electrons. The number of hydrogen-bond acceptors (Lipinski definition) is 4. The molecular formula is C15H26N4. The van der Waals surface area contributed by atoms with Crippen LogP contribution in [-0.4, -0.2) is 29.6 Å². The van der Waals surface area contributed by atoms with E-state index in [2.05, 4.69) is 41.4 Å². The van der Waals surface area contributed by atoms with Crippen LogP contribution in [-0.2, 0) is 5.41 Å². The summed E-state index contributed by atoms with van der Waals surface area (Å²) in [6, 6.07) is 2.00. The molecule has 0 bridgehead atoms. The van der Waals surface area contributed by atoms with Gasteiger partial charge in [-0.25, -0.2) is 9.97 Å². The maximum absolute atomic E-state index is 4.59.